The third-order valence-corrected chi connectivity index (χ3v) is 11.3. The molecule has 2 atom stereocenters. The first-order valence-electron chi connectivity index (χ1n) is 23.0. The highest BCUT2D eigenvalue weighted by molar-refractivity contribution is 5.70. The molecule has 2 N–H and O–H groups in total. The van der Waals surface area contributed by atoms with Gasteiger partial charge in [-0.3, -0.25) is 4.79 Å². The molecule has 0 aromatic heterocycles. The van der Waals surface area contributed by atoms with Crippen molar-refractivity contribution >= 4 is 5.97 Å². The summed E-state index contributed by atoms with van der Waals surface area (Å²) in [5, 5.41) is 20.3. The van der Waals surface area contributed by atoms with Crippen LogP contribution in [0.3, 0.4) is 0 Å². The van der Waals surface area contributed by atoms with Gasteiger partial charge in [-0.25, -0.2) is 0 Å². The average Bonchev–Trinajstić information content (AvgIpc) is 3.09. The maximum Gasteiger partial charge on any atom is 0.309 e. The van der Waals surface area contributed by atoms with E-state index in [0.717, 1.165) is 25.7 Å². The molecule has 2 unspecified atom stereocenters. The summed E-state index contributed by atoms with van der Waals surface area (Å²) in [5.74, 6) is -1.38. The summed E-state index contributed by atoms with van der Waals surface area (Å²) in [6.45, 7) is 4.58. The van der Waals surface area contributed by atoms with Gasteiger partial charge in [0, 0.05) is 0 Å². The van der Waals surface area contributed by atoms with Crippen LogP contribution in [-0.2, 0) is 4.79 Å². The summed E-state index contributed by atoms with van der Waals surface area (Å²) >= 11 is 0. The SMILES string of the molecule is CCCCCCCCCCCCCCCCCCCCCCC(O)C(CCCCCCCCCCCCCCCCCCCCC)C(=O)O. The standard InChI is InChI=1S/C46H92O3/c1-3-5-7-9-11-13-15-17-19-21-23-25-27-29-31-33-35-37-39-41-43-45(47)44(46(48)49)42-40-38-36-34-32-30-28-26-24-22-20-18-16-14-12-10-8-6-4-2/h44-45,47H,3-43H2,1-2H3,(H,48,49). The second-order valence-corrected chi connectivity index (χ2v) is 16.2. The van der Waals surface area contributed by atoms with Gasteiger partial charge < -0.3 is 10.2 Å². The second kappa shape index (κ2) is 41.8. The summed E-state index contributed by atoms with van der Waals surface area (Å²) < 4.78 is 0. The number of unbranched alkanes of at least 4 members (excludes halogenated alkanes) is 37. The smallest absolute Gasteiger partial charge is 0.309 e. The van der Waals surface area contributed by atoms with Gasteiger partial charge in [0.1, 0.15) is 0 Å². The molecule has 0 aliphatic rings. The van der Waals surface area contributed by atoms with Gasteiger partial charge >= 0.3 is 5.97 Å². The van der Waals surface area contributed by atoms with Crippen LogP contribution < -0.4 is 0 Å². The first kappa shape index (κ1) is 48.4. The van der Waals surface area contributed by atoms with Crippen molar-refractivity contribution in [3.05, 3.63) is 0 Å². The predicted molar refractivity (Wildman–Crippen MR) is 218 cm³/mol. The van der Waals surface area contributed by atoms with Crippen molar-refractivity contribution in [2.75, 3.05) is 0 Å². The van der Waals surface area contributed by atoms with E-state index in [1.165, 1.54) is 225 Å². The van der Waals surface area contributed by atoms with Crippen molar-refractivity contribution in [2.24, 2.45) is 5.92 Å². The number of rotatable bonds is 43. The minimum absolute atomic E-state index is 0.578. The highest BCUT2D eigenvalue weighted by atomic mass is 16.4. The van der Waals surface area contributed by atoms with Crippen molar-refractivity contribution in [2.45, 2.75) is 283 Å². The summed E-state index contributed by atoms with van der Waals surface area (Å²) in [6.07, 6.45) is 53.5. The Balaban J connectivity index is 3.45. The topological polar surface area (TPSA) is 57.5 Å². The van der Waals surface area contributed by atoms with Gasteiger partial charge in [-0.1, -0.05) is 264 Å². The van der Waals surface area contributed by atoms with E-state index < -0.39 is 18.0 Å². The van der Waals surface area contributed by atoms with Crippen LogP contribution in [0.25, 0.3) is 0 Å². The fraction of sp³-hybridized carbons (Fsp3) is 0.978. The van der Waals surface area contributed by atoms with Gasteiger partial charge in [0.25, 0.3) is 0 Å². The molecule has 0 fully saturated rings. The van der Waals surface area contributed by atoms with Crippen LogP contribution in [-0.4, -0.2) is 22.3 Å². The van der Waals surface area contributed by atoms with Crippen LogP contribution in [0, 0.1) is 5.92 Å². The average molecular weight is 693 g/mol. The summed E-state index contributed by atoms with van der Waals surface area (Å²) in [4.78, 5) is 11.8. The zero-order valence-electron chi connectivity index (χ0n) is 33.9. The van der Waals surface area contributed by atoms with Crippen LogP contribution in [0.15, 0.2) is 0 Å². The molecule has 0 aliphatic carbocycles. The molecule has 0 saturated heterocycles. The fourth-order valence-corrected chi connectivity index (χ4v) is 7.73. The minimum Gasteiger partial charge on any atom is -0.481 e. The number of aliphatic hydroxyl groups excluding tert-OH is 1. The molecule has 0 aliphatic heterocycles. The molecule has 0 amide bonds. The molecule has 0 aromatic carbocycles. The lowest BCUT2D eigenvalue weighted by Gasteiger charge is -2.19. The number of hydrogen-bond acceptors (Lipinski definition) is 2. The lowest BCUT2D eigenvalue weighted by Crippen LogP contribution is -2.28. The second-order valence-electron chi connectivity index (χ2n) is 16.2. The number of carboxylic acid groups (broad SMARTS) is 1. The molecular formula is C46H92O3. The minimum atomic E-state index is -0.803. The normalized spacial score (nSPS) is 12.9. The molecular weight excluding hydrogens is 601 g/mol. The molecule has 0 rings (SSSR count). The number of carboxylic acids is 1. The van der Waals surface area contributed by atoms with E-state index in [1.807, 2.05) is 0 Å². The van der Waals surface area contributed by atoms with Crippen LogP contribution in [0.5, 0.6) is 0 Å². The fourth-order valence-electron chi connectivity index (χ4n) is 7.73. The van der Waals surface area contributed by atoms with Crippen molar-refractivity contribution in [3.63, 3.8) is 0 Å². The van der Waals surface area contributed by atoms with Crippen molar-refractivity contribution in [1.29, 1.82) is 0 Å². The number of carbonyl (C=O) groups is 1. The van der Waals surface area contributed by atoms with E-state index >= 15 is 0 Å². The zero-order valence-corrected chi connectivity index (χ0v) is 33.9. The van der Waals surface area contributed by atoms with E-state index in [2.05, 4.69) is 13.8 Å². The highest BCUT2D eigenvalue weighted by Crippen LogP contribution is 2.21. The molecule has 0 aromatic rings. The number of aliphatic hydroxyl groups is 1. The Morgan fingerprint density at radius 2 is 0.510 bits per heavy atom. The molecule has 0 saturated carbocycles. The lowest BCUT2D eigenvalue weighted by atomic mass is 9.91. The van der Waals surface area contributed by atoms with E-state index in [0.29, 0.717) is 12.8 Å². The maximum absolute atomic E-state index is 11.8. The van der Waals surface area contributed by atoms with Crippen LogP contribution in [0.2, 0.25) is 0 Å². The third-order valence-electron chi connectivity index (χ3n) is 11.3. The lowest BCUT2D eigenvalue weighted by molar-refractivity contribution is -0.146. The Bertz CT molecular complexity index is 619. The summed E-state index contributed by atoms with van der Waals surface area (Å²) in [6, 6.07) is 0. The van der Waals surface area contributed by atoms with E-state index in [9.17, 15) is 15.0 Å². The Labute approximate surface area is 309 Å². The monoisotopic (exact) mass is 693 g/mol. The molecule has 49 heavy (non-hydrogen) atoms. The molecule has 0 radical (unpaired) electrons. The maximum atomic E-state index is 11.8. The Hall–Kier alpha value is -0.570. The van der Waals surface area contributed by atoms with Gasteiger partial charge in [0.05, 0.1) is 12.0 Å². The molecule has 0 spiro atoms. The number of aliphatic carboxylic acids is 1. The zero-order chi connectivity index (χ0) is 35.7. The highest BCUT2D eigenvalue weighted by Gasteiger charge is 2.25. The molecule has 0 bridgehead atoms. The van der Waals surface area contributed by atoms with Gasteiger partial charge in [0.2, 0.25) is 0 Å². The Morgan fingerprint density at radius 3 is 0.714 bits per heavy atom. The van der Waals surface area contributed by atoms with Gasteiger partial charge in [-0.15, -0.1) is 0 Å². The molecule has 0 heterocycles. The third kappa shape index (κ3) is 38.5. The first-order valence-corrected chi connectivity index (χ1v) is 23.0. The molecule has 3 nitrogen and oxygen atoms in total. The van der Waals surface area contributed by atoms with Gasteiger partial charge in [-0.05, 0) is 12.8 Å². The van der Waals surface area contributed by atoms with E-state index in [1.54, 1.807) is 0 Å². The van der Waals surface area contributed by atoms with Crippen LogP contribution in [0.4, 0.5) is 0 Å². The van der Waals surface area contributed by atoms with Crippen LogP contribution in [0.1, 0.15) is 277 Å². The Morgan fingerprint density at radius 1 is 0.327 bits per heavy atom. The van der Waals surface area contributed by atoms with Crippen molar-refractivity contribution < 1.29 is 15.0 Å². The first-order chi connectivity index (χ1) is 24.1. The largest absolute Gasteiger partial charge is 0.481 e. The molecule has 294 valence electrons. The van der Waals surface area contributed by atoms with Crippen molar-refractivity contribution in [3.8, 4) is 0 Å². The Kier molecular flexibility index (Phi) is 41.4. The van der Waals surface area contributed by atoms with Crippen molar-refractivity contribution in [1.82, 2.24) is 0 Å². The summed E-state index contributed by atoms with van der Waals surface area (Å²) in [5.41, 5.74) is 0. The predicted octanol–water partition coefficient (Wildman–Crippen LogP) is 16.1. The van der Waals surface area contributed by atoms with E-state index in [4.69, 9.17) is 0 Å². The summed E-state index contributed by atoms with van der Waals surface area (Å²) in [7, 11) is 0. The van der Waals surface area contributed by atoms with Crippen LogP contribution >= 0.6 is 0 Å². The number of hydrogen-bond donors (Lipinski definition) is 2. The van der Waals surface area contributed by atoms with E-state index in [-0.39, 0.29) is 0 Å². The quantitative estimate of drug-likeness (QED) is 0.0625. The van der Waals surface area contributed by atoms with Gasteiger partial charge in [0.15, 0.2) is 0 Å². The molecule has 3 heteroatoms. The van der Waals surface area contributed by atoms with Gasteiger partial charge in [-0.2, -0.15) is 0 Å².